The van der Waals surface area contributed by atoms with Crippen LogP contribution in [0, 0.1) is 5.82 Å². The Labute approximate surface area is 173 Å². The molecule has 0 fully saturated rings. The van der Waals surface area contributed by atoms with E-state index in [1.54, 1.807) is 30.6 Å². The van der Waals surface area contributed by atoms with Gasteiger partial charge >= 0.3 is 0 Å². The van der Waals surface area contributed by atoms with Gasteiger partial charge in [0.2, 0.25) is 5.91 Å². The molecular formula is C21H22FN5OS. The maximum Gasteiger partial charge on any atom is 0.233 e. The van der Waals surface area contributed by atoms with Crippen molar-refractivity contribution in [1.29, 1.82) is 0 Å². The zero-order chi connectivity index (χ0) is 20.8. The molecule has 0 radical (unpaired) electrons. The monoisotopic (exact) mass is 411 g/mol. The smallest absolute Gasteiger partial charge is 0.233 e. The normalized spacial score (nSPS) is 12.9. The lowest BCUT2D eigenvalue weighted by Crippen LogP contribution is -2.33. The number of carbonyl (C=O) groups is 1. The minimum Gasteiger partial charge on any atom is -0.349 e. The summed E-state index contributed by atoms with van der Waals surface area (Å²) in [6.45, 7) is 8.00. The van der Waals surface area contributed by atoms with Crippen molar-refractivity contribution in [3.05, 3.63) is 72.8 Å². The Morgan fingerprint density at radius 1 is 1.21 bits per heavy atom. The average molecular weight is 412 g/mol. The first-order valence-corrected chi connectivity index (χ1v) is 10.0. The molecule has 8 heteroatoms. The number of nitrogens with one attached hydrogen (secondary N) is 1. The van der Waals surface area contributed by atoms with Gasteiger partial charge in [-0.25, -0.2) is 4.39 Å². The molecular weight excluding hydrogens is 389 g/mol. The van der Waals surface area contributed by atoms with Gasteiger partial charge in [0.05, 0.1) is 11.3 Å². The SMILES string of the molecule is C=CCn1c(S[C@H](C)C(=O)N[C@@H](C)c2ccc(F)cc2)nnc1-c1ccncc1. The minimum atomic E-state index is -0.393. The molecule has 0 aliphatic rings. The van der Waals surface area contributed by atoms with E-state index in [9.17, 15) is 9.18 Å². The summed E-state index contributed by atoms with van der Waals surface area (Å²) < 4.78 is 15.0. The maximum atomic E-state index is 13.1. The average Bonchev–Trinajstić information content (AvgIpc) is 3.11. The number of nitrogens with zero attached hydrogens (tertiary/aromatic N) is 4. The predicted molar refractivity (Wildman–Crippen MR) is 112 cm³/mol. The van der Waals surface area contributed by atoms with Crippen molar-refractivity contribution in [2.24, 2.45) is 0 Å². The van der Waals surface area contributed by atoms with Crippen LogP contribution in [0.4, 0.5) is 4.39 Å². The number of thioether (sulfide) groups is 1. The second-order valence-electron chi connectivity index (χ2n) is 6.48. The van der Waals surface area contributed by atoms with E-state index in [1.807, 2.05) is 30.5 Å². The van der Waals surface area contributed by atoms with Gasteiger partial charge in [0.15, 0.2) is 11.0 Å². The van der Waals surface area contributed by atoms with Crippen molar-refractivity contribution in [3.63, 3.8) is 0 Å². The number of pyridine rings is 1. The van der Waals surface area contributed by atoms with Crippen molar-refractivity contribution in [2.75, 3.05) is 0 Å². The Kier molecular flexibility index (Phi) is 6.77. The summed E-state index contributed by atoms with van der Waals surface area (Å²) in [6, 6.07) is 9.59. The standard InChI is InChI=1S/C21H22FN5OS/c1-4-13-27-19(17-9-11-23-12-10-17)25-26-21(27)29-15(3)20(28)24-14(2)16-5-7-18(22)8-6-16/h4-12,14-15H,1,13H2,2-3H3,(H,24,28)/t14-,15+/m0/s1. The number of hydrogen-bond donors (Lipinski definition) is 1. The predicted octanol–water partition coefficient (Wildman–Crippen LogP) is 4.02. The number of hydrogen-bond acceptors (Lipinski definition) is 5. The van der Waals surface area contributed by atoms with Crippen molar-refractivity contribution in [2.45, 2.75) is 36.8 Å². The second-order valence-corrected chi connectivity index (χ2v) is 7.79. The Hall–Kier alpha value is -3.00. The summed E-state index contributed by atoms with van der Waals surface area (Å²) >= 11 is 1.33. The molecule has 29 heavy (non-hydrogen) atoms. The number of carbonyl (C=O) groups excluding carboxylic acids is 1. The Balaban J connectivity index is 1.71. The number of rotatable bonds is 8. The zero-order valence-electron chi connectivity index (χ0n) is 16.2. The molecule has 1 amide bonds. The van der Waals surface area contributed by atoms with Crippen LogP contribution in [0.5, 0.6) is 0 Å². The van der Waals surface area contributed by atoms with E-state index < -0.39 is 5.25 Å². The van der Waals surface area contributed by atoms with Crippen LogP contribution >= 0.6 is 11.8 Å². The van der Waals surface area contributed by atoms with Crippen molar-refractivity contribution in [1.82, 2.24) is 25.1 Å². The minimum absolute atomic E-state index is 0.134. The summed E-state index contributed by atoms with van der Waals surface area (Å²) in [5.41, 5.74) is 1.73. The molecule has 150 valence electrons. The van der Waals surface area contributed by atoms with Crippen LogP contribution in [0.3, 0.4) is 0 Å². The lowest BCUT2D eigenvalue weighted by atomic mass is 10.1. The Morgan fingerprint density at radius 2 is 1.90 bits per heavy atom. The fraction of sp³-hybridized carbons (Fsp3) is 0.238. The highest BCUT2D eigenvalue weighted by molar-refractivity contribution is 8.00. The van der Waals surface area contributed by atoms with E-state index in [1.165, 1.54) is 23.9 Å². The molecule has 0 saturated carbocycles. The third-order valence-corrected chi connectivity index (χ3v) is 5.43. The molecule has 1 N–H and O–H groups in total. The largest absolute Gasteiger partial charge is 0.349 e. The summed E-state index contributed by atoms with van der Waals surface area (Å²) in [7, 11) is 0. The molecule has 0 bridgehead atoms. The van der Waals surface area contributed by atoms with Gasteiger partial charge in [-0.05, 0) is 43.7 Å². The van der Waals surface area contributed by atoms with Crippen LogP contribution in [-0.2, 0) is 11.3 Å². The third kappa shape index (κ3) is 5.08. The van der Waals surface area contributed by atoms with Crippen LogP contribution in [0.25, 0.3) is 11.4 Å². The molecule has 2 atom stereocenters. The number of halogens is 1. The van der Waals surface area contributed by atoms with Gasteiger partial charge in [0.1, 0.15) is 5.82 Å². The van der Waals surface area contributed by atoms with E-state index in [-0.39, 0.29) is 17.8 Å². The zero-order valence-corrected chi connectivity index (χ0v) is 17.1. The number of benzene rings is 1. The molecule has 2 aromatic heterocycles. The van der Waals surface area contributed by atoms with Gasteiger partial charge in [-0.2, -0.15) is 0 Å². The molecule has 0 aliphatic heterocycles. The molecule has 0 aliphatic carbocycles. The number of aromatic nitrogens is 4. The van der Waals surface area contributed by atoms with Crippen LogP contribution in [-0.4, -0.2) is 30.9 Å². The van der Waals surface area contributed by atoms with Gasteiger partial charge in [0, 0.05) is 24.5 Å². The van der Waals surface area contributed by atoms with E-state index in [4.69, 9.17) is 0 Å². The van der Waals surface area contributed by atoms with Gasteiger partial charge in [0.25, 0.3) is 0 Å². The highest BCUT2D eigenvalue weighted by Crippen LogP contribution is 2.27. The molecule has 0 unspecified atom stereocenters. The molecule has 6 nitrogen and oxygen atoms in total. The first-order valence-electron chi connectivity index (χ1n) is 9.16. The molecule has 3 rings (SSSR count). The first kappa shape index (κ1) is 20.7. The van der Waals surface area contributed by atoms with E-state index >= 15 is 0 Å². The number of amides is 1. The quantitative estimate of drug-likeness (QED) is 0.448. The fourth-order valence-electron chi connectivity index (χ4n) is 2.76. The number of allylic oxidation sites excluding steroid dienone is 1. The van der Waals surface area contributed by atoms with E-state index in [0.717, 1.165) is 11.1 Å². The highest BCUT2D eigenvalue weighted by Gasteiger charge is 2.22. The van der Waals surface area contributed by atoms with Crippen LogP contribution < -0.4 is 5.32 Å². The van der Waals surface area contributed by atoms with E-state index in [0.29, 0.717) is 17.5 Å². The summed E-state index contributed by atoms with van der Waals surface area (Å²) in [5.74, 6) is 0.260. The van der Waals surface area contributed by atoms with E-state index in [2.05, 4.69) is 27.1 Å². The molecule has 2 heterocycles. The highest BCUT2D eigenvalue weighted by atomic mass is 32.2. The first-order chi connectivity index (χ1) is 14.0. The second kappa shape index (κ2) is 9.47. The third-order valence-electron chi connectivity index (χ3n) is 4.35. The van der Waals surface area contributed by atoms with Gasteiger partial charge in [-0.1, -0.05) is 30.0 Å². The van der Waals surface area contributed by atoms with Crippen LogP contribution in [0.1, 0.15) is 25.5 Å². The summed E-state index contributed by atoms with van der Waals surface area (Å²) in [4.78, 5) is 16.7. The topological polar surface area (TPSA) is 72.7 Å². The van der Waals surface area contributed by atoms with Crippen LogP contribution in [0.15, 0.2) is 66.6 Å². The Morgan fingerprint density at radius 3 is 2.55 bits per heavy atom. The van der Waals surface area contributed by atoms with Crippen LogP contribution in [0.2, 0.25) is 0 Å². The van der Waals surface area contributed by atoms with Crippen molar-refractivity contribution >= 4 is 17.7 Å². The lowest BCUT2D eigenvalue weighted by molar-refractivity contribution is -0.120. The molecule has 0 saturated heterocycles. The maximum absolute atomic E-state index is 13.1. The fourth-order valence-corrected chi connectivity index (χ4v) is 3.63. The van der Waals surface area contributed by atoms with Crippen molar-refractivity contribution < 1.29 is 9.18 Å². The van der Waals surface area contributed by atoms with Gasteiger partial charge in [-0.15, -0.1) is 16.8 Å². The summed E-state index contributed by atoms with van der Waals surface area (Å²) in [5, 5.41) is 11.7. The molecule has 0 spiro atoms. The molecule has 1 aromatic carbocycles. The van der Waals surface area contributed by atoms with Gasteiger partial charge in [-0.3, -0.25) is 14.3 Å². The molecule has 3 aromatic rings. The Bertz CT molecular complexity index is 974. The van der Waals surface area contributed by atoms with Gasteiger partial charge < -0.3 is 5.32 Å². The summed E-state index contributed by atoms with van der Waals surface area (Å²) in [6.07, 6.45) is 5.16. The van der Waals surface area contributed by atoms with Crippen molar-refractivity contribution in [3.8, 4) is 11.4 Å². The lowest BCUT2D eigenvalue weighted by Gasteiger charge is -2.18.